The number of halogens is 2. The van der Waals surface area contributed by atoms with E-state index in [1.54, 1.807) is 6.07 Å². The lowest BCUT2D eigenvalue weighted by molar-refractivity contribution is 0.574. The second kappa shape index (κ2) is 5.55. The van der Waals surface area contributed by atoms with Crippen molar-refractivity contribution in [1.82, 2.24) is 0 Å². The number of hydrogen-bond acceptors (Lipinski definition) is 1. The third kappa shape index (κ3) is 3.23. The van der Waals surface area contributed by atoms with Gasteiger partial charge in [0.15, 0.2) is 0 Å². The molecule has 1 nitrogen and oxygen atoms in total. The molecule has 0 bridgehead atoms. The van der Waals surface area contributed by atoms with Crippen LogP contribution in [0.15, 0.2) is 30.9 Å². The van der Waals surface area contributed by atoms with Gasteiger partial charge in [-0.15, -0.1) is 6.58 Å². The number of hydrogen-bond donors (Lipinski definition) is 1. The Labute approximate surface area is 101 Å². The Morgan fingerprint density at radius 2 is 2.07 bits per heavy atom. The molecule has 1 rings (SSSR count). The minimum Gasteiger partial charge on any atom is -0.327 e. The maximum absolute atomic E-state index is 5.96. The molecule has 2 atom stereocenters. The Balaban J connectivity index is 3.00. The number of allylic oxidation sites excluding steroid dienone is 1. The molecule has 0 saturated heterocycles. The molecule has 0 spiro atoms. The van der Waals surface area contributed by atoms with E-state index in [2.05, 4.69) is 6.58 Å². The molecule has 0 aliphatic heterocycles. The first kappa shape index (κ1) is 12.6. The molecule has 0 aliphatic carbocycles. The minimum absolute atomic E-state index is 0.0697. The van der Waals surface area contributed by atoms with Crippen LogP contribution in [0.5, 0.6) is 0 Å². The molecule has 3 heteroatoms. The van der Waals surface area contributed by atoms with Gasteiger partial charge >= 0.3 is 0 Å². The van der Waals surface area contributed by atoms with Gasteiger partial charge in [0.2, 0.25) is 0 Å². The van der Waals surface area contributed by atoms with Gasteiger partial charge in [-0.05, 0) is 31.0 Å². The standard InChI is InChI=1S/C12H15Cl2N/c1-3-4-10(8(2)15)9-5-6-11(13)12(14)7-9/h3,5-8,10H,1,4,15H2,2H3/t8?,10-/m1/s1. The van der Waals surface area contributed by atoms with Crippen LogP contribution in [0.25, 0.3) is 0 Å². The smallest absolute Gasteiger partial charge is 0.0595 e. The van der Waals surface area contributed by atoms with Crippen molar-refractivity contribution in [2.24, 2.45) is 5.73 Å². The quantitative estimate of drug-likeness (QED) is 0.796. The van der Waals surface area contributed by atoms with Gasteiger partial charge < -0.3 is 5.73 Å². The predicted molar refractivity (Wildman–Crippen MR) is 67.7 cm³/mol. The van der Waals surface area contributed by atoms with E-state index in [9.17, 15) is 0 Å². The van der Waals surface area contributed by atoms with Crippen LogP contribution in [0.3, 0.4) is 0 Å². The first-order chi connectivity index (χ1) is 7.06. The topological polar surface area (TPSA) is 26.0 Å². The zero-order chi connectivity index (χ0) is 11.4. The maximum Gasteiger partial charge on any atom is 0.0595 e. The van der Waals surface area contributed by atoms with Gasteiger partial charge in [0.1, 0.15) is 0 Å². The first-order valence-electron chi connectivity index (χ1n) is 4.87. The van der Waals surface area contributed by atoms with Crippen LogP contribution in [-0.4, -0.2) is 6.04 Å². The molecule has 0 aliphatic rings. The van der Waals surface area contributed by atoms with Crippen molar-refractivity contribution in [2.45, 2.75) is 25.3 Å². The van der Waals surface area contributed by atoms with Crippen LogP contribution >= 0.6 is 23.2 Å². The number of nitrogens with two attached hydrogens (primary N) is 1. The van der Waals surface area contributed by atoms with Crippen molar-refractivity contribution >= 4 is 23.2 Å². The summed E-state index contributed by atoms with van der Waals surface area (Å²) in [7, 11) is 0. The van der Waals surface area contributed by atoms with E-state index in [0.717, 1.165) is 12.0 Å². The van der Waals surface area contributed by atoms with E-state index in [-0.39, 0.29) is 12.0 Å². The fraction of sp³-hybridized carbons (Fsp3) is 0.333. The maximum atomic E-state index is 5.96. The summed E-state index contributed by atoms with van der Waals surface area (Å²) in [5, 5.41) is 1.14. The molecule has 2 N–H and O–H groups in total. The number of benzene rings is 1. The summed E-state index contributed by atoms with van der Waals surface area (Å²) in [6, 6.07) is 5.71. The van der Waals surface area contributed by atoms with Crippen LogP contribution < -0.4 is 5.73 Å². The van der Waals surface area contributed by atoms with Crippen LogP contribution in [0, 0.1) is 0 Å². The molecule has 0 heterocycles. The average molecular weight is 244 g/mol. The van der Waals surface area contributed by atoms with Crippen LogP contribution in [-0.2, 0) is 0 Å². The van der Waals surface area contributed by atoms with Gasteiger partial charge in [0.05, 0.1) is 10.0 Å². The summed E-state index contributed by atoms with van der Waals surface area (Å²) < 4.78 is 0. The molecule has 1 aromatic rings. The van der Waals surface area contributed by atoms with Crippen molar-refractivity contribution in [3.63, 3.8) is 0 Å². The summed E-state index contributed by atoms with van der Waals surface area (Å²) in [4.78, 5) is 0. The summed E-state index contributed by atoms with van der Waals surface area (Å²) >= 11 is 11.8. The summed E-state index contributed by atoms with van der Waals surface area (Å²) in [5.74, 6) is 0.247. The molecule has 0 amide bonds. The zero-order valence-corrected chi connectivity index (χ0v) is 10.2. The van der Waals surface area contributed by atoms with E-state index in [1.165, 1.54) is 0 Å². The van der Waals surface area contributed by atoms with Gasteiger partial charge in [-0.2, -0.15) is 0 Å². The summed E-state index contributed by atoms with van der Waals surface area (Å²) in [6.07, 6.45) is 2.71. The number of rotatable bonds is 4. The first-order valence-corrected chi connectivity index (χ1v) is 5.63. The largest absolute Gasteiger partial charge is 0.327 e. The lowest BCUT2D eigenvalue weighted by Crippen LogP contribution is -2.24. The molecule has 15 heavy (non-hydrogen) atoms. The lowest BCUT2D eigenvalue weighted by Gasteiger charge is -2.20. The zero-order valence-electron chi connectivity index (χ0n) is 8.71. The van der Waals surface area contributed by atoms with Gasteiger partial charge in [0.25, 0.3) is 0 Å². The molecule has 82 valence electrons. The van der Waals surface area contributed by atoms with Gasteiger partial charge in [-0.1, -0.05) is 35.3 Å². The SMILES string of the molecule is C=CC[C@@H](c1ccc(Cl)c(Cl)c1)C(C)N. The van der Waals surface area contributed by atoms with Crippen LogP contribution in [0.4, 0.5) is 0 Å². The third-order valence-electron chi connectivity index (χ3n) is 2.43. The van der Waals surface area contributed by atoms with Crippen LogP contribution in [0.1, 0.15) is 24.8 Å². The molecule has 1 aromatic carbocycles. The highest BCUT2D eigenvalue weighted by molar-refractivity contribution is 6.42. The highest BCUT2D eigenvalue weighted by atomic mass is 35.5. The Bertz CT molecular complexity index is 347. The summed E-state index contributed by atoms with van der Waals surface area (Å²) in [5.41, 5.74) is 7.03. The second-order valence-electron chi connectivity index (χ2n) is 3.66. The van der Waals surface area contributed by atoms with Crippen molar-refractivity contribution in [3.8, 4) is 0 Å². The highest BCUT2D eigenvalue weighted by Crippen LogP contribution is 2.29. The fourth-order valence-corrected chi connectivity index (χ4v) is 1.88. The molecule has 0 fully saturated rings. The molecule has 0 aromatic heterocycles. The van der Waals surface area contributed by atoms with E-state index in [4.69, 9.17) is 28.9 Å². The Morgan fingerprint density at radius 3 is 2.53 bits per heavy atom. The predicted octanol–water partition coefficient (Wildman–Crippen LogP) is 4.00. The van der Waals surface area contributed by atoms with Crippen molar-refractivity contribution in [3.05, 3.63) is 46.5 Å². The monoisotopic (exact) mass is 243 g/mol. The highest BCUT2D eigenvalue weighted by Gasteiger charge is 2.15. The molecule has 1 unspecified atom stereocenters. The summed E-state index contributed by atoms with van der Waals surface area (Å²) in [6.45, 7) is 5.72. The van der Waals surface area contributed by atoms with E-state index in [0.29, 0.717) is 10.0 Å². The van der Waals surface area contributed by atoms with Gasteiger partial charge in [0, 0.05) is 12.0 Å². The van der Waals surface area contributed by atoms with E-state index < -0.39 is 0 Å². The minimum atomic E-state index is 0.0697. The van der Waals surface area contributed by atoms with E-state index in [1.807, 2.05) is 25.1 Å². The average Bonchev–Trinajstić information content (AvgIpc) is 2.18. The van der Waals surface area contributed by atoms with Gasteiger partial charge in [-0.25, -0.2) is 0 Å². The molecular weight excluding hydrogens is 229 g/mol. The van der Waals surface area contributed by atoms with Gasteiger partial charge in [-0.3, -0.25) is 0 Å². The fourth-order valence-electron chi connectivity index (χ4n) is 1.58. The van der Waals surface area contributed by atoms with Crippen molar-refractivity contribution in [2.75, 3.05) is 0 Å². The Hall–Kier alpha value is -0.500. The molecule has 0 radical (unpaired) electrons. The lowest BCUT2D eigenvalue weighted by atomic mass is 9.90. The van der Waals surface area contributed by atoms with Crippen molar-refractivity contribution < 1.29 is 0 Å². The second-order valence-corrected chi connectivity index (χ2v) is 4.48. The van der Waals surface area contributed by atoms with Crippen molar-refractivity contribution in [1.29, 1.82) is 0 Å². The third-order valence-corrected chi connectivity index (χ3v) is 3.17. The Morgan fingerprint density at radius 1 is 1.40 bits per heavy atom. The molecule has 0 saturated carbocycles. The van der Waals surface area contributed by atoms with E-state index >= 15 is 0 Å². The van der Waals surface area contributed by atoms with Crippen LogP contribution in [0.2, 0.25) is 10.0 Å². The molecular formula is C12H15Cl2N. The Kier molecular flexibility index (Phi) is 4.65. The normalized spacial score (nSPS) is 14.7.